The van der Waals surface area contributed by atoms with Crippen molar-refractivity contribution in [3.63, 3.8) is 0 Å². The van der Waals surface area contributed by atoms with E-state index in [9.17, 15) is 19.2 Å². The molecule has 0 saturated heterocycles. The third-order valence-electron chi connectivity index (χ3n) is 5.40. The first-order chi connectivity index (χ1) is 15.0. The van der Waals surface area contributed by atoms with E-state index in [-0.39, 0.29) is 28.5 Å². The lowest BCUT2D eigenvalue weighted by Gasteiger charge is -2.24. The van der Waals surface area contributed by atoms with E-state index in [0.717, 1.165) is 5.56 Å². The van der Waals surface area contributed by atoms with Crippen molar-refractivity contribution in [2.24, 2.45) is 0 Å². The number of esters is 1. The Labute approximate surface area is 178 Å². The number of ether oxygens (including phenoxy) is 1. The minimum absolute atomic E-state index is 0.0246. The molecular formula is C24H20N2O5. The molecule has 1 heterocycles. The van der Waals surface area contributed by atoms with Crippen molar-refractivity contribution in [3.8, 4) is 0 Å². The standard InChI is InChI=1S/C24H20N2O5/c1-31-24(30)16-9-5-6-10-19(16)25-22(28)18-13-17-20(26-23(18)29)11-15(12-21(17)27)14-7-3-2-4-8-14/h2-10,13,15H,11-12H2,1H3,(H,25,28)(H,26,29). The monoisotopic (exact) mass is 416 g/mol. The Morgan fingerprint density at radius 3 is 2.42 bits per heavy atom. The Kier molecular flexibility index (Phi) is 5.49. The summed E-state index contributed by atoms with van der Waals surface area (Å²) in [6.07, 6.45) is 0.808. The van der Waals surface area contributed by atoms with E-state index in [1.54, 1.807) is 12.1 Å². The molecule has 0 aliphatic heterocycles. The third kappa shape index (κ3) is 4.02. The van der Waals surface area contributed by atoms with Gasteiger partial charge in [0.2, 0.25) is 0 Å². The van der Waals surface area contributed by atoms with Gasteiger partial charge in [-0.15, -0.1) is 0 Å². The summed E-state index contributed by atoms with van der Waals surface area (Å²) >= 11 is 0. The highest BCUT2D eigenvalue weighted by molar-refractivity contribution is 6.09. The second-order valence-electron chi connectivity index (χ2n) is 7.33. The highest BCUT2D eigenvalue weighted by atomic mass is 16.5. The molecule has 0 spiro atoms. The van der Waals surface area contributed by atoms with Crippen LogP contribution >= 0.6 is 0 Å². The number of Topliss-reactive ketones (excluding diaryl/α,β-unsaturated/α-hetero) is 1. The van der Waals surface area contributed by atoms with Crippen LogP contribution in [0.1, 0.15) is 54.7 Å². The van der Waals surface area contributed by atoms with Gasteiger partial charge in [-0.05, 0) is 36.1 Å². The van der Waals surface area contributed by atoms with E-state index >= 15 is 0 Å². The zero-order valence-corrected chi connectivity index (χ0v) is 16.8. The molecule has 0 radical (unpaired) electrons. The number of methoxy groups -OCH3 is 1. The number of anilines is 1. The molecule has 1 amide bonds. The molecule has 0 bridgehead atoms. The minimum Gasteiger partial charge on any atom is -0.465 e. The first kappa shape index (κ1) is 20.3. The Hall–Kier alpha value is -4.00. The molecule has 2 aromatic carbocycles. The summed E-state index contributed by atoms with van der Waals surface area (Å²) in [5.74, 6) is -1.48. The summed E-state index contributed by atoms with van der Waals surface area (Å²) in [5.41, 5.74) is 1.50. The molecule has 1 aromatic heterocycles. The van der Waals surface area contributed by atoms with E-state index < -0.39 is 17.4 Å². The molecule has 1 atom stereocenters. The molecule has 3 aromatic rings. The fraction of sp³-hybridized carbons (Fsp3) is 0.167. The third-order valence-corrected chi connectivity index (χ3v) is 5.40. The van der Waals surface area contributed by atoms with Crippen LogP contribution in [0.3, 0.4) is 0 Å². The zero-order chi connectivity index (χ0) is 22.0. The smallest absolute Gasteiger partial charge is 0.339 e. The van der Waals surface area contributed by atoms with Crippen LogP contribution in [0.5, 0.6) is 0 Å². The van der Waals surface area contributed by atoms with Gasteiger partial charge in [0.15, 0.2) is 5.78 Å². The summed E-state index contributed by atoms with van der Waals surface area (Å²) in [7, 11) is 1.24. The number of carbonyl (C=O) groups is 3. The summed E-state index contributed by atoms with van der Waals surface area (Å²) < 4.78 is 4.72. The molecule has 0 fully saturated rings. The Balaban J connectivity index is 1.63. The van der Waals surface area contributed by atoms with Crippen LogP contribution in [-0.2, 0) is 11.2 Å². The number of rotatable bonds is 4. The fourth-order valence-corrected chi connectivity index (χ4v) is 3.83. The van der Waals surface area contributed by atoms with Gasteiger partial charge in [0, 0.05) is 17.7 Å². The van der Waals surface area contributed by atoms with Gasteiger partial charge >= 0.3 is 5.97 Å². The van der Waals surface area contributed by atoms with E-state index in [4.69, 9.17) is 4.74 Å². The number of ketones is 1. The molecule has 7 heteroatoms. The van der Waals surface area contributed by atoms with Crippen LogP contribution in [0.25, 0.3) is 0 Å². The summed E-state index contributed by atoms with van der Waals surface area (Å²) in [6.45, 7) is 0. The molecular weight excluding hydrogens is 396 g/mol. The van der Waals surface area contributed by atoms with Gasteiger partial charge in [-0.2, -0.15) is 0 Å². The lowest BCUT2D eigenvalue weighted by molar-refractivity contribution is 0.0601. The van der Waals surface area contributed by atoms with E-state index in [1.807, 2.05) is 30.3 Å². The maximum absolute atomic E-state index is 12.8. The largest absolute Gasteiger partial charge is 0.465 e. The molecule has 1 unspecified atom stereocenters. The topological polar surface area (TPSA) is 105 Å². The van der Waals surface area contributed by atoms with Crippen molar-refractivity contribution in [1.29, 1.82) is 0 Å². The predicted octanol–water partition coefficient (Wildman–Crippen LogP) is 3.33. The Morgan fingerprint density at radius 2 is 1.68 bits per heavy atom. The van der Waals surface area contributed by atoms with Crippen molar-refractivity contribution >= 4 is 23.3 Å². The number of hydrogen-bond donors (Lipinski definition) is 2. The molecule has 4 rings (SSSR count). The number of fused-ring (bicyclic) bond motifs is 1. The van der Waals surface area contributed by atoms with Gasteiger partial charge in [0.25, 0.3) is 11.5 Å². The first-order valence-electron chi connectivity index (χ1n) is 9.81. The average Bonchev–Trinajstić information content (AvgIpc) is 2.79. The van der Waals surface area contributed by atoms with Crippen LogP contribution in [0.15, 0.2) is 65.5 Å². The van der Waals surface area contributed by atoms with Gasteiger partial charge < -0.3 is 15.0 Å². The van der Waals surface area contributed by atoms with Crippen molar-refractivity contribution in [1.82, 2.24) is 4.98 Å². The Bertz CT molecular complexity index is 1230. The lowest BCUT2D eigenvalue weighted by atomic mass is 9.81. The van der Waals surface area contributed by atoms with Crippen LogP contribution in [0, 0.1) is 0 Å². The molecule has 1 aliphatic rings. The number of hydrogen-bond acceptors (Lipinski definition) is 5. The van der Waals surface area contributed by atoms with Gasteiger partial charge in [-0.25, -0.2) is 4.79 Å². The minimum atomic E-state index is -0.710. The molecule has 7 nitrogen and oxygen atoms in total. The number of pyridine rings is 1. The van der Waals surface area contributed by atoms with Gasteiger partial charge in [-0.1, -0.05) is 42.5 Å². The highest BCUT2D eigenvalue weighted by Crippen LogP contribution is 2.31. The zero-order valence-electron chi connectivity index (χ0n) is 16.8. The van der Waals surface area contributed by atoms with Crippen LogP contribution < -0.4 is 10.9 Å². The van der Waals surface area contributed by atoms with Gasteiger partial charge in [0.1, 0.15) is 5.56 Å². The number of nitrogens with one attached hydrogen (secondary N) is 2. The maximum Gasteiger partial charge on any atom is 0.339 e. The van der Waals surface area contributed by atoms with Crippen molar-refractivity contribution in [3.05, 3.63) is 99.0 Å². The second kappa shape index (κ2) is 8.39. The number of amides is 1. The highest BCUT2D eigenvalue weighted by Gasteiger charge is 2.29. The summed E-state index contributed by atoms with van der Waals surface area (Å²) in [4.78, 5) is 52.8. The molecule has 2 N–H and O–H groups in total. The van der Waals surface area contributed by atoms with E-state index in [0.29, 0.717) is 24.1 Å². The lowest BCUT2D eigenvalue weighted by Crippen LogP contribution is -2.29. The number of aromatic nitrogens is 1. The Morgan fingerprint density at radius 1 is 0.968 bits per heavy atom. The molecule has 1 aliphatic carbocycles. The number of carbonyl (C=O) groups excluding carboxylic acids is 3. The number of para-hydroxylation sites is 1. The van der Waals surface area contributed by atoms with E-state index in [2.05, 4.69) is 10.3 Å². The van der Waals surface area contributed by atoms with Gasteiger partial charge in [-0.3, -0.25) is 14.4 Å². The molecule has 0 saturated carbocycles. The average molecular weight is 416 g/mol. The number of H-pyrrole nitrogens is 1. The first-order valence-corrected chi connectivity index (χ1v) is 9.81. The number of benzene rings is 2. The summed E-state index contributed by atoms with van der Waals surface area (Å²) in [5, 5.41) is 2.57. The normalized spacial score (nSPS) is 15.1. The van der Waals surface area contributed by atoms with Crippen LogP contribution in [0.4, 0.5) is 5.69 Å². The SMILES string of the molecule is COC(=O)c1ccccc1NC(=O)c1cc2c([nH]c1=O)CC(c1ccccc1)CC2=O. The van der Waals surface area contributed by atoms with E-state index in [1.165, 1.54) is 25.3 Å². The van der Waals surface area contributed by atoms with Crippen molar-refractivity contribution < 1.29 is 19.1 Å². The number of aromatic amines is 1. The fourth-order valence-electron chi connectivity index (χ4n) is 3.83. The van der Waals surface area contributed by atoms with Crippen LogP contribution in [-0.4, -0.2) is 29.8 Å². The van der Waals surface area contributed by atoms with Crippen LogP contribution in [0.2, 0.25) is 0 Å². The quantitative estimate of drug-likeness (QED) is 0.635. The predicted molar refractivity (Wildman–Crippen MR) is 115 cm³/mol. The van der Waals surface area contributed by atoms with Gasteiger partial charge in [0.05, 0.1) is 18.4 Å². The van der Waals surface area contributed by atoms with Crippen molar-refractivity contribution in [2.45, 2.75) is 18.8 Å². The second-order valence-corrected chi connectivity index (χ2v) is 7.33. The molecule has 31 heavy (non-hydrogen) atoms. The van der Waals surface area contributed by atoms with Crippen molar-refractivity contribution in [2.75, 3.05) is 12.4 Å². The molecule has 156 valence electrons. The maximum atomic E-state index is 12.8. The summed E-state index contributed by atoms with van der Waals surface area (Å²) in [6, 6.07) is 17.3.